The first-order chi connectivity index (χ1) is 24.6. The topological polar surface area (TPSA) is 184 Å². The lowest BCUT2D eigenvalue weighted by molar-refractivity contribution is -0.157. The maximum atomic E-state index is 13.8. The largest absolute Gasteiger partial charge is 0.495 e. The number of carbonyl (C=O) groups is 4. The molecule has 0 bridgehead atoms. The van der Waals surface area contributed by atoms with E-state index in [-0.39, 0.29) is 43.4 Å². The summed E-state index contributed by atoms with van der Waals surface area (Å²) in [4.78, 5) is 57.4. The Morgan fingerprint density at radius 2 is 1.71 bits per heavy atom. The van der Waals surface area contributed by atoms with Crippen molar-refractivity contribution in [1.29, 1.82) is 0 Å². The minimum Gasteiger partial charge on any atom is -0.495 e. The quantitative estimate of drug-likeness (QED) is 0.0892. The Hall–Kier alpha value is -4.58. The lowest BCUT2D eigenvalue weighted by Gasteiger charge is -2.34. The summed E-state index contributed by atoms with van der Waals surface area (Å²) in [6.45, 7) is 11.1. The zero-order valence-electron chi connectivity index (χ0n) is 30.7. The Morgan fingerprint density at radius 1 is 1.02 bits per heavy atom. The van der Waals surface area contributed by atoms with E-state index < -0.39 is 53.3 Å². The van der Waals surface area contributed by atoms with Gasteiger partial charge in [-0.25, -0.2) is 4.79 Å². The minimum atomic E-state index is -1.15. The lowest BCUT2D eigenvalue weighted by atomic mass is 9.83. The van der Waals surface area contributed by atoms with Crippen LogP contribution in [0, 0.1) is 17.3 Å². The summed E-state index contributed by atoms with van der Waals surface area (Å²) in [5, 5.41) is 12.6. The number of azide groups is 1. The van der Waals surface area contributed by atoms with Crippen molar-refractivity contribution in [2.75, 3.05) is 7.11 Å². The summed E-state index contributed by atoms with van der Waals surface area (Å²) in [7, 11) is 1.50. The third kappa shape index (κ3) is 10.5. The van der Waals surface area contributed by atoms with Crippen LogP contribution in [0.4, 0.5) is 0 Å². The van der Waals surface area contributed by atoms with E-state index in [1.54, 1.807) is 45.0 Å². The highest BCUT2D eigenvalue weighted by Crippen LogP contribution is 2.45. The zero-order chi connectivity index (χ0) is 38.2. The molecule has 52 heavy (non-hydrogen) atoms. The molecule has 0 spiro atoms. The molecule has 3 N–H and O–H groups in total. The van der Waals surface area contributed by atoms with Gasteiger partial charge in [0.15, 0.2) is 0 Å². The van der Waals surface area contributed by atoms with Crippen LogP contribution in [0.25, 0.3) is 10.4 Å². The van der Waals surface area contributed by atoms with Crippen LogP contribution < -0.4 is 20.7 Å². The molecule has 0 radical (unpaired) electrons. The van der Waals surface area contributed by atoms with Gasteiger partial charge in [-0.15, -0.1) is 0 Å². The molecule has 13 nitrogen and oxygen atoms in total. The second kappa shape index (κ2) is 17.8. The number of nitrogens with one attached hydrogen (secondary N) is 3. The van der Waals surface area contributed by atoms with Crippen molar-refractivity contribution in [3.8, 4) is 5.75 Å². The van der Waals surface area contributed by atoms with Crippen LogP contribution >= 0.6 is 11.6 Å². The number of ether oxygens (including phenoxy) is 3. The van der Waals surface area contributed by atoms with Crippen LogP contribution in [0.2, 0.25) is 5.02 Å². The fraction of sp³-hybridized carbons (Fsp3) is 0.526. The Morgan fingerprint density at radius 3 is 2.35 bits per heavy atom. The minimum absolute atomic E-state index is 0.0494. The average Bonchev–Trinajstić information content (AvgIpc) is 3.90. The monoisotopic (exact) mass is 736 g/mol. The van der Waals surface area contributed by atoms with Crippen LogP contribution in [0.3, 0.4) is 0 Å². The van der Waals surface area contributed by atoms with Gasteiger partial charge in [0.05, 0.1) is 30.2 Å². The van der Waals surface area contributed by atoms with Crippen LogP contribution in [-0.2, 0) is 41.6 Å². The lowest BCUT2D eigenvalue weighted by Crippen LogP contribution is -2.58. The Labute approximate surface area is 309 Å². The van der Waals surface area contributed by atoms with Gasteiger partial charge in [0.1, 0.15) is 30.0 Å². The summed E-state index contributed by atoms with van der Waals surface area (Å²) in [5.74, 6) is -1.80. The van der Waals surface area contributed by atoms with Gasteiger partial charge in [0.2, 0.25) is 17.7 Å². The molecular weight excluding hydrogens is 688 g/mol. The second-order valence-corrected chi connectivity index (χ2v) is 14.9. The van der Waals surface area contributed by atoms with Crippen molar-refractivity contribution in [2.24, 2.45) is 22.4 Å². The Kier molecular flexibility index (Phi) is 13.7. The van der Waals surface area contributed by atoms with Gasteiger partial charge in [0.25, 0.3) is 0 Å². The number of halogens is 1. The predicted octanol–water partition coefficient (Wildman–Crippen LogP) is 5.90. The molecule has 2 aliphatic rings. The van der Waals surface area contributed by atoms with E-state index in [0.29, 0.717) is 22.8 Å². The summed E-state index contributed by atoms with van der Waals surface area (Å²) in [6.07, 6.45) is 2.34. The van der Waals surface area contributed by atoms with Gasteiger partial charge >= 0.3 is 5.97 Å². The van der Waals surface area contributed by atoms with Crippen LogP contribution in [0.1, 0.15) is 77.2 Å². The Bertz CT molecular complexity index is 1690. The maximum Gasteiger partial charge on any atom is 0.328 e. The number of benzene rings is 2. The summed E-state index contributed by atoms with van der Waals surface area (Å²) >= 11 is 6.36. The fourth-order valence-corrected chi connectivity index (χ4v) is 6.34. The van der Waals surface area contributed by atoms with Crippen LogP contribution in [0.5, 0.6) is 5.75 Å². The first-order valence-corrected chi connectivity index (χ1v) is 17.9. The Balaban J connectivity index is 1.62. The first kappa shape index (κ1) is 40.2. The van der Waals surface area contributed by atoms with Crippen LogP contribution in [-0.4, -0.2) is 61.1 Å². The fourth-order valence-electron chi connectivity index (χ4n) is 6.06. The molecule has 0 aromatic heterocycles. The van der Waals surface area contributed by atoms with Gasteiger partial charge < -0.3 is 30.2 Å². The number of epoxide rings is 1. The number of carbonyl (C=O) groups excluding carboxylic acids is 4. The molecule has 2 aromatic rings. The molecule has 1 fully saturated rings. The number of cyclic esters (lactones) is 1. The highest BCUT2D eigenvalue weighted by atomic mass is 35.5. The number of amides is 3. The van der Waals surface area contributed by atoms with E-state index in [1.165, 1.54) is 13.2 Å². The molecule has 4 rings (SSSR count). The number of hydrogen-bond acceptors (Lipinski definition) is 8. The molecule has 0 aliphatic carbocycles. The van der Waals surface area contributed by atoms with Gasteiger partial charge in [-0.2, -0.15) is 0 Å². The molecule has 2 heterocycles. The number of nitrogens with zero attached hydrogens (tertiary/aromatic N) is 3. The average molecular weight is 737 g/mol. The van der Waals surface area contributed by atoms with Crippen molar-refractivity contribution >= 4 is 35.3 Å². The van der Waals surface area contributed by atoms with Crippen molar-refractivity contribution in [2.45, 2.75) is 104 Å². The smallest absolute Gasteiger partial charge is 0.328 e. The van der Waals surface area contributed by atoms with Crippen molar-refractivity contribution in [3.05, 3.63) is 86.8 Å². The van der Waals surface area contributed by atoms with Crippen LogP contribution in [0.15, 0.2) is 59.7 Å². The molecule has 3 amide bonds. The standard InChI is InChI=1S/C38H49ClN6O7/c1-21(2)17-29-36(48)51-30(22(3)33-34(52-33)26-14-11-24(12-15-26)20-41-45-40)9-8-10-32(46)43-28(19-25-13-16-31(50-7)27(39)18-25)35(47)42-23(4)38(5,6)37(49)44-29/h8,10-16,18,21-23,28-30,33-34H,9,17,19-20H2,1-7H3,(H,42,47)(H,43,46)(H,44,49)/b10-8+/t22-,23?,28+,29-,30-,33?,34?/m0/s1. The zero-order valence-corrected chi connectivity index (χ0v) is 31.5. The van der Waals surface area contributed by atoms with Gasteiger partial charge in [-0.1, -0.05) is 73.9 Å². The van der Waals surface area contributed by atoms with Crippen molar-refractivity contribution in [1.82, 2.24) is 16.0 Å². The SMILES string of the molecule is COc1ccc(C[C@H]2NC(=O)/C=C/C[C@@H]([C@H](C)C3OC3c3ccc(CN=[N+]=[N-])cc3)OC(=O)[C@H](CC(C)C)NC(=O)C(C)(C)C(C)NC2=O)cc1Cl. The molecule has 3 unspecified atom stereocenters. The number of methoxy groups -OCH3 is 1. The molecule has 14 heteroatoms. The number of rotatable bonds is 10. The van der Waals surface area contributed by atoms with Crippen molar-refractivity contribution in [3.63, 3.8) is 0 Å². The summed E-state index contributed by atoms with van der Waals surface area (Å²) < 4.78 is 17.5. The molecule has 7 atom stereocenters. The maximum absolute atomic E-state index is 13.8. The molecule has 1 saturated heterocycles. The molecular formula is C38H49ClN6O7. The van der Waals surface area contributed by atoms with E-state index in [9.17, 15) is 19.2 Å². The van der Waals surface area contributed by atoms with Gasteiger partial charge in [0, 0.05) is 29.7 Å². The third-order valence-electron chi connectivity index (χ3n) is 9.77. The van der Waals surface area contributed by atoms with E-state index in [4.69, 9.17) is 31.3 Å². The highest BCUT2D eigenvalue weighted by molar-refractivity contribution is 6.32. The van der Waals surface area contributed by atoms with Gasteiger partial charge in [-0.3, -0.25) is 14.4 Å². The summed E-state index contributed by atoms with van der Waals surface area (Å²) in [5.41, 5.74) is 9.95. The predicted molar refractivity (Wildman–Crippen MR) is 196 cm³/mol. The van der Waals surface area contributed by atoms with Gasteiger partial charge in [-0.05, 0) is 73.5 Å². The molecule has 2 aromatic carbocycles. The number of hydrogen-bond donors (Lipinski definition) is 3. The summed E-state index contributed by atoms with van der Waals surface area (Å²) in [6, 6.07) is 10.1. The first-order valence-electron chi connectivity index (χ1n) is 17.5. The van der Waals surface area contributed by atoms with E-state index in [0.717, 1.165) is 11.1 Å². The normalized spacial score (nSPS) is 26.6. The molecule has 0 saturated carbocycles. The molecule has 2 aliphatic heterocycles. The van der Waals surface area contributed by atoms with E-state index >= 15 is 0 Å². The molecule has 280 valence electrons. The van der Waals surface area contributed by atoms with E-state index in [1.807, 2.05) is 45.0 Å². The number of esters is 1. The van der Waals surface area contributed by atoms with Crippen molar-refractivity contribution < 1.29 is 33.4 Å². The highest BCUT2D eigenvalue weighted by Gasteiger charge is 2.48. The second-order valence-electron chi connectivity index (χ2n) is 14.5. The third-order valence-corrected chi connectivity index (χ3v) is 10.1. The van der Waals surface area contributed by atoms with E-state index in [2.05, 4.69) is 26.0 Å².